The molecule has 1 aromatic carbocycles. The third kappa shape index (κ3) is 2.35. The van der Waals surface area contributed by atoms with E-state index in [2.05, 4.69) is 17.4 Å². The molecule has 0 radical (unpaired) electrons. The van der Waals surface area contributed by atoms with Gasteiger partial charge in [0.25, 0.3) is 0 Å². The molecule has 1 atom stereocenters. The van der Waals surface area contributed by atoms with Gasteiger partial charge in [-0.25, -0.2) is 0 Å². The van der Waals surface area contributed by atoms with Crippen molar-refractivity contribution >= 4 is 0 Å². The second kappa shape index (κ2) is 4.91. The van der Waals surface area contributed by atoms with Crippen LogP contribution in [0.5, 0.6) is 0 Å². The van der Waals surface area contributed by atoms with E-state index in [0.717, 1.165) is 19.4 Å². The van der Waals surface area contributed by atoms with Crippen molar-refractivity contribution < 1.29 is 0 Å². The molecule has 3 heteroatoms. The Kier molecular flexibility index (Phi) is 3.33. The van der Waals surface area contributed by atoms with E-state index in [-0.39, 0.29) is 6.04 Å². The van der Waals surface area contributed by atoms with Crippen LogP contribution in [-0.2, 0) is 0 Å². The number of nitrogens with zero attached hydrogens (tertiary/aromatic N) is 2. The Hall–Kier alpha value is -1.38. The molecule has 0 spiro atoms. The molecule has 0 aromatic heterocycles. The predicted octanol–water partition coefficient (Wildman–Crippen LogP) is 3.29. The molecule has 1 saturated heterocycles. The molecule has 1 aliphatic rings. The van der Waals surface area contributed by atoms with Crippen molar-refractivity contribution in [1.82, 2.24) is 5.01 Å². The highest BCUT2D eigenvalue weighted by Crippen LogP contribution is 2.29. The number of rotatable bonds is 2. The van der Waals surface area contributed by atoms with Crippen LogP contribution in [0.2, 0.25) is 0 Å². The van der Waals surface area contributed by atoms with Crippen molar-refractivity contribution in [2.45, 2.75) is 31.7 Å². The summed E-state index contributed by atoms with van der Waals surface area (Å²) in [5.41, 5.74) is 1.21. The lowest BCUT2D eigenvalue weighted by atomic mass is 10.0. The zero-order chi connectivity index (χ0) is 10.5. The van der Waals surface area contributed by atoms with E-state index in [4.69, 9.17) is 0 Å². The fourth-order valence-electron chi connectivity index (χ4n) is 2.20. The average Bonchev–Trinajstić information content (AvgIpc) is 2.55. The van der Waals surface area contributed by atoms with E-state index in [9.17, 15) is 4.91 Å². The van der Waals surface area contributed by atoms with E-state index in [0.29, 0.717) is 0 Å². The third-order valence-corrected chi connectivity index (χ3v) is 3.01. The molecule has 0 amide bonds. The maximum absolute atomic E-state index is 10.8. The Bertz CT molecular complexity index is 313. The predicted molar refractivity (Wildman–Crippen MR) is 60.2 cm³/mol. The van der Waals surface area contributed by atoms with Gasteiger partial charge in [0.05, 0.1) is 11.3 Å². The van der Waals surface area contributed by atoms with E-state index >= 15 is 0 Å². The van der Waals surface area contributed by atoms with Gasteiger partial charge in [0.15, 0.2) is 0 Å². The van der Waals surface area contributed by atoms with Crippen molar-refractivity contribution in [1.29, 1.82) is 0 Å². The minimum absolute atomic E-state index is 0.186. The van der Waals surface area contributed by atoms with Crippen molar-refractivity contribution in [3.63, 3.8) is 0 Å². The Morgan fingerprint density at radius 3 is 2.67 bits per heavy atom. The van der Waals surface area contributed by atoms with Crippen LogP contribution >= 0.6 is 0 Å². The third-order valence-electron chi connectivity index (χ3n) is 3.01. The quantitative estimate of drug-likeness (QED) is 0.692. The fourth-order valence-corrected chi connectivity index (χ4v) is 2.20. The number of hydrogen-bond donors (Lipinski definition) is 0. The summed E-state index contributed by atoms with van der Waals surface area (Å²) in [6.45, 7) is 0.795. The molecule has 0 bridgehead atoms. The lowest BCUT2D eigenvalue weighted by Crippen LogP contribution is -2.22. The first-order valence-corrected chi connectivity index (χ1v) is 5.56. The first-order chi connectivity index (χ1) is 7.42. The van der Waals surface area contributed by atoms with E-state index in [1.807, 2.05) is 18.2 Å². The largest absolute Gasteiger partial charge is 0.253 e. The Morgan fingerprint density at radius 2 is 1.93 bits per heavy atom. The van der Waals surface area contributed by atoms with Crippen LogP contribution in [0.25, 0.3) is 0 Å². The Balaban J connectivity index is 2.20. The number of nitroso groups, excluding NO2 is 1. The van der Waals surface area contributed by atoms with Gasteiger partial charge in [-0.05, 0) is 18.4 Å². The van der Waals surface area contributed by atoms with E-state index in [1.165, 1.54) is 18.4 Å². The molecule has 1 fully saturated rings. The van der Waals surface area contributed by atoms with Crippen LogP contribution in [-0.4, -0.2) is 11.6 Å². The lowest BCUT2D eigenvalue weighted by molar-refractivity contribution is 0.207. The zero-order valence-electron chi connectivity index (χ0n) is 8.80. The second-order valence-electron chi connectivity index (χ2n) is 4.02. The fraction of sp³-hybridized carbons (Fsp3) is 0.500. The maximum Gasteiger partial charge on any atom is 0.0751 e. The highest BCUT2D eigenvalue weighted by atomic mass is 16.3. The minimum atomic E-state index is 0.186. The molecular formula is C12H16N2O. The van der Waals surface area contributed by atoms with Gasteiger partial charge in [-0.3, -0.25) is 5.01 Å². The summed E-state index contributed by atoms with van der Waals surface area (Å²) < 4.78 is 0. The average molecular weight is 204 g/mol. The molecule has 3 nitrogen and oxygen atoms in total. The van der Waals surface area contributed by atoms with Gasteiger partial charge in [0.2, 0.25) is 0 Å². The summed E-state index contributed by atoms with van der Waals surface area (Å²) in [7, 11) is 0. The molecule has 1 aliphatic heterocycles. The molecule has 1 unspecified atom stereocenters. The van der Waals surface area contributed by atoms with Crippen LogP contribution in [0, 0.1) is 4.91 Å². The zero-order valence-corrected chi connectivity index (χ0v) is 8.80. The summed E-state index contributed by atoms with van der Waals surface area (Å²) in [6, 6.07) is 10.4. The molecule has 0 saturated carbocycles. The summed E-state index contributed by atoms with van der Waals surface area (Å²) in [5, 5.41) is 4.85. The summed E-state index contributed by atoms with van der Waals surface area (Å²) in [4.78, 5) is 10.8. The normalized spacial score (nSPS) is 22.1. The van der Waals surface area contributed by atoms with Gasteiger partial charge in [0.1, 0.15) is 0 Å². The van der Waals surface area contributed by atoms with Crippen LogP contribution < -0.4 is 0 Å². The highest BCUT2D eigenvalue weighted by molar-refractivity contribution is 5.19. The van der Waals surface area contributed by atoms with Gasteiger partial charge in [0, 0.05) is 6.54 Å². The van der Waals surface area contributed by atoms with Gasteiger partial charge >= 0.3 is 0 Å². The first-order valence-electron chi connectivity index (χ1n) is 5.56. The molecule has 80 valence electrons. The minimum Gasteiger partial charge on any atom is -0.253 e. The first kappa shape index (κ1) is 10.1. The topological polar surface area (TPSA) is 32.7 Å². The maximum atomic E-state index is 10.8. The number of benzene rings is 1. The van der Waals surface area contributed by atoms with Crippen LogP contribution in [0.1, 0.15) is 37.3 Å². The Labute approximate surface area is 90.0 Å². The van der Waals surface area contributed by atoms with Crippen LogP contribution in [0.4, 0.5) is 0 Å². The Morgan fingerprint density at radius 1 is 1.13 bits per heavy atom. The number of hydrogen-bond acceptors (Lipinski definition) is 2. The molecule has 0 aliphatic carbocycles. The van der Waals surface area contributed by atoms with Crippen LogP contribution in [0.15, 0.2) is 35.6 Å². The van der Waals surface area contributed by atoms with Crippen molar-refractivity contribution in [3.05, 3.63) is 40.8 Å². The molecule has 1 heterocycles. The van der Waals surface area contributed by atoms with Gasteiger partial charge in [-0.15, -0.1) is 4.91 Å². The molecular weight excluding hydrogens is 188 g/mol. The smallest absolute Gasteiger partial charge is 0.0751 e. The van der Waals surface area contributed by atoms with Crippen LogP contribution in [0.3, 0.4) is 0 Å². The summed E-state index contributed by atoms with van der Waals surface area (Å²) in [5.74, 6) is 0. The SMILES string of the molecule is O=NN1CCCCCC1c1ccccc1. The van der Waals surface area contributed by atoms with Gasteiger partial charge < -0.3 is 0 Å². The summed E-state index contributed by atoms with van der Waals surface area (Å²) >= 11 is 0. The van der Waals surface area contributed by atoms with Crippen molar-refractivity contribution in [2.24, 2.45) is 5.29 Å². The van der Waals surface area contributed by atoms with Gasteiger partial charge in [-0.1, -0.05) is 43.2 Å². The molecule has 0 N–H and O–H groups in total. The lowest BCUT2D eigenvalue weighted by Gasteiger charge is -2.24. The van der Waals surface area contributed by atoms with Crippen molar-refractivity contribution in [3.8, 4) is 0 Å². The van der Waals surface area contributed by atoms with E-state index < -0.39 is 0 Å². The second-order valence-corrected chi connectivity index (χ2v) is 4.02. The highest BCUT2D eigenvalue weighted by Gasteiger charge is 2.21. The molecule has 1 aromatic rings. The molecule has 15 heavy (non-hydrogen) atoms. The van der Waals surface area contributed by atoms with E-state index in [1.54, 1.807) is 5.01 Å². The molecule has 2 rings (SSSR count). The summed E-state index contributed by atoms with van der Waals surface area (Å²) in [6.07, 6.45) is 4.51. The van der Waals surface area contributed by atoms with Gasteiger partial charge in [-0.2, -0.15) is 0 Å². The standard InChI is InChI=1S/C12H16N2O/c15-13-14-10-6-2-5-9-12(14)11-7-3-1-4-8-11/h1,3-4,7-8,12H,2,5-6,9-10H2. The monoisotopic (exact) mass is 204 g/mol. The van der Waals surface area contributed by atoms with Crippen molar-refractivity contribution in [2.75, 3.05) is 6.54 Å².